The van der Waals surface area contributed by atoms with Gasteiger partial charge in [-0.15, -0.1) is 0 Å². The number of quaternary nitrogens is 1. The maximum Gasteiger partial charge on any atom is 0.306 e. The Morgan fingerprint density at radius 2 is 0.675 bits per heavy atom. The molecule has 0 bridgehead atoms. The largest absolute Gasteiger partial charge is 0.756 e. The van der Waals surface area contributed by atoms with Gasteiger partial charge in [-0.05, 0) is 135 Å². The third kappa shape index (κ3) is 62.3. The Bertz CT molecular complexity index is 2000. The van der Waals surface area contributed by atoms with Gasteiger partial charge >= 0.3 is 11.9 Å². The average Bonchev–Trinajstić information content (AvgIpc) is 3.42. The van der Waals surface area contributed by atoms with Crippen LogP contribution in [-0.4, -0.2) is 70.0 Å². The van der Waals surface area contributed by atoms with Crippen LogP contribution in [0.25, 0.3) is 0 Å². The average molecular weight is 1120 g/mol. The van der Waals surface area contributed by atoms with Crippen molar-refractivity contribution in [1.29, 1.82) is 0 Å². The molecule has 0 aromatic carbocycles. The van der Waals surface area contributed by atoms with Crippen molar-refractivity contribution in [2.45, 2.75) is 200 Å². The van der Waals surface area contributed by atoms with Gasteiger partial charge in [0.15, 0.2) is 6.10 Å². The molecule has 2 atom stereocenters. The first-order chi connectivity index (χ1) is 39.0. The lowest BCUT2D eigenvalue weighted by atomic mass is 10.1. The first-order valence-electron chi connectivity index (χ1n) is 30.5. The molecular weight excluding hydrogens is 1010 g/mol. The normalized spacial score (nSPS) is 14.5. The number of hydrogen-bond donors (Lipinski definition) is 0. The molecule has 9 nitrogen and oxygen atoms in total. The Balaban J connectivity index is 4.31. The highest BCUT2D eigenvalue weighted by Gasteiger charge is 2.21. The highest BCUT2D eigenvalue weighted by molar-refractivity contribution is 7.45. The second-order valence-corrected chi connectivity index (χ2v) is 22.0. The third-order valence-corrected chi connectivity index (χ3v) is 12.9. The SMILES string of the molecule is CC/C=C\C/C=C\C/C=C\C/C=C\C/C=C\C/C=C\C/C=C\C/C=C\C/C=C\CCCCCCCC(=O)OC(COC(=O)CCCCCC/C=C\C/C=C\C/C=C\C/C=C\C/C=C\C/C=C\CC)COP(=O)([O-])OCC[N+](C)(C)C. The Morgan fingerprint density at radius 3 is 1.00 bits per heavy atom. The fourth-order valence-corrected chi connectivity index (χ4v) is 8.03. The maximum absolute atomic E-state index is 12.8. The number of allylic oxidation sites excluding steroid dienone is 30. The van der Waals surface area contributed by atoms with E-state index in [1.165, 1.54) is 0 Å². The monoisotopic (exact) mass is 1120 g/mol. The quantitative estimate of drug-likeness (QED) is 0.0195. The van der Waals surface area contributed by atoms with Crippen LogP contribution in [0.15, 0.2) is 182 Å². The number of carbonyl (C=O) groups is 2. The predicted octanol–water partition coefficient (Wildman–Crippen LogP) is 19.0. The summed E-state index contributed by atoms with van der Waals surface area (Å²) < 4.78 is 34.1. The highest BCUT2D eigenvalue weighted by atomic mass is 31.2. The van der Waals surface area contributed by atoms with Gasteiger partial charge in [-0.2, -0.15) is 0 Å². The molecular formula is C70H110NO8P. The predicted molar refractivity (Wildman–Crippen MR) is 341 cm³/mol. The van der Waals surface area contributed by atoms with Gasteiger partial charge in [0.2, 0.25) is 0 Å². The molecule has 0 aliphatic rings. The van der Waals surface area contributed by atoms with Crippen LogP contribution in [0.4, 0.5) is 0 Å². The summed E-state index contributed by atoms with van der Waals surface area (Å²) in [5.74, 6) is -0.903. The lowest BCUT2D eigenvalue weighted by Crippen LogP contribution is -2.37. The minimum absolute atomic E-state index is 0.0511. The van der Waals surface area contributed by atoms with Crippen LogP contribution in [0.2, 0.25) is 0 Å². The van der Waals surface area contributed by atoms with Gasteiger partial charge in [0, 0.05) is 12.8 Å². The Morgan fingerprint density at radius 1 is 0.388 bits per heavy atom. The number of carbonyl (C=O) groups excluding carboxylic acids is 2. The lowest BCUT2D eigenvalue weighted by molar-refractivity contribution is -0.870. The van der Waals surface area contributed by atoms with Crippen LogP contribution < -0.4 is 4.89 Å². The molecule has 0 radical (unpaired) electrons. The summed E-state index contributed by atoms with van der Waals surface area (Å²) in [5.41, 5.74) is 0. The number of esters is 2. The topological polar surface area (TPSA) is 111 Å². The van der Waals surface area contributed by atoms with E-state index in [1.54, 1.807) is 0 Å². The van der Waals surface area contributed by atoms with Crippen molar-refractivity contribution in [2.75, 3.05) is 47.5 Å². The molecule has 10 heteroatoms. The molecule has 0 spiro atoms. The van der Waals surface area contributed by atoms with Crippen molar-refractivity contribution < 1.29 is 42.1 Å². The molecule has 0 N–H and O–H groups in total. The van der Waals surface area contributed by atoms with E-state index in [0.29, 0.717) is 23.9 Å². The van der Waals surface area contributed by atoms with Crippen LogP contribution in [0.3, 0.4) is 0 Å². The maximum atomic E-state index is 12.8. The van der Waals surface area contributed by atoms with E-state index in [4.69, 9.17) is 18.5 Å². The summed E-state index contributed by atoms with van der Waals surface area (Å²) in [4.78, 5) is 37.9. The van der Waals surface area contributed by atoms with E-state index in [2.05, 4.69) is 196 Å². The standard InChI is InChI=1S/C70H110NO8P/c1-6-8-10-12-14-16-18-20-22-24-26-28-30-31-32-33-34-35-36-37-38-39-41-43-45-47-49-51-53-55-57-59-61-63-70(73)79-68(67-78-80(74,75)77-65-64-71(3,4)5)66-76-69(72)62-60-58-56-54-52-50-48-46-44-42-40-29-27-25-23-21-19-17-15-13-11-9-7-2/h8-11,14-17,20-23,26-29,31-32,34-35,37-38,41-44,47-50,68H,6-7,12-13,18-19,24-25,30,33,36,39-40,45-46,51-67H2,1-5H3/b10-8-,11-9-,16-14-,17-15-,22-20-,23-21-,28-26-,29-27-,32-31-,35-34-,38-37-,43-41-,44-42-,49-47-,50-48-. The zero-order valence-corrected chi connectivity index (χ0v) is 51.6. The summed E-state index contributed by atoms with van der Waals surface area (Å²) in [6, 6.07) is 0. The van der Waals surface area contributed by atoms with E-state index in [1.807, 2.05) is 21.1 Å². The fourth-order valence-electron chi connectivity index (χ4n) is 7.30. The van der Waals surface area contributed by atoms with Crippen molar-refractivity contribution in [3.05, 3.63) is 182 Å². The molecule has 0 fully saturated rings. The van der Waals surface area contributed by atoms with Crippen molar-refractivity contribution in [3.63, 3.8) is 0 Å². The fraction of sp³-hybridized carbons (Fsp3) is 0.543. The molecule has 2 unspecified atom stereocenters. The third-order valence-electron chi connectivity index (χ3n) is 11.9. The molecule has 0 amide bonds. The second-order valence-electron chi connectivity index (χ2n) is 20.6. The first kappa shape index (κ1) is 75.1. The van der Waals surface area contributed by atoms with Gasteiger partial charge in [0.1, 0.15) is 19.8 Å². The van der Waals surface area contributed by atoms with E-state index in [0.717, 1.165) is 154 Å². The van der Waals surface area contributed by atoms with Gasteiger partial charge in [-0.3, -0.25) is 14.2 Å². The highest BCUT2D eigenvalue weighted by Crippen LogP contribution is 2.38. The van der Waals surface area contributed by atoms with Crippen LogP contribution in [0, 0.1) is 0 Å². The molecule has 448 valence electrons. The summed E-state index contributed by atoms with van der Waals surface area (Å²) in [7, 11) is 1.10. The first-order valence-corrected chi connectivity index (χ1v) is 32.0. The molecule has 80 heavy (non-hydrogen) atoms. The molecule has 0 aliphatic heterocycles. The van der Waals surface area contributed by atoms with E-state index in [-0.39, 0.29) is 26.1 Å². The molecule has 0 rings (SSSR count). The number of nitrogens with zero attached hydrogens (tertiary/aromatic N) is 1. The molecule has 0 aromatic rings. The number of ether oxygens (including phenoxy) is 2. The van der Waals surface area contributed by atoms with Crippen LogP contribution in [0.5, 0.6) is 0 Å². The van der Waals surface area contributed by atoms with Crippen molar-refractivity contribution in [1.82, 2.24) is 0 Å². The number of hydrogen-bond acceptors (Lipinski definition) is 8. The lowest BCUT2D eigenvalue weighted by Gasteiger charge is -2.28. The zero-order chi connectivity index (χ0) is 58.4. The number of unbranched alkanes of at least 4 members (excludes halogenated alkanes) is 9. The van der Waals surface area contributed by atoms with Gasteiger partial charge in [0.25, 0.3) is 7.82 Å². The molecule has 0 heterocycles. The summed E-state index contributed by atoms with van der Waals surface area (Å²) >= 11 is 0. The van der Waals surface area contributed by atoms with Gasteiger partial charge in [-0.25, -0.2) is 0 Å². The van der Waals surface area contributed by atoms with Gasteiger partial charge in [-0.1, -0.05) is 228 Å². The Kier molecular flexibility index (Phi) is 55.2. The number of phosphoric acid groups is 1. The Hall–Kier alpha value is -4.89. The van der Waals surface area contributed by atoms with Crippen LogP contribution >= 0.6 is 7.82 Å². The number of likely N-dealkylation sites (N-methyl/N-ethyl adjacent to an activating group) is 1. The summed E-state index contributed by atoms with van der Waals surface area (Å²) in [5, 5.41) is 0. The summed E-state index contributed by atoms with van der Waals surface area (Å²) in [6.45, 7) is 3.92. The minimum Gasteiger partial charge on any atom is -0.756 e. The van der Waals surface area contributed by atoms with Crippen molar-refractivity contribution >= 4 is 19.8 Å². The molecule has 0 aromatic heterocycles. The van der Waals surface area contributed by atoms with Crippen molar-refractivity contribution in [2.24, 2.45) is 0 Å². The van der Waals surface area contributed by atoms with Crippen LogP contribution in [0.1, 0.15) is 194 Å². The van der Waals surface area contributed by atoms with E-state index >= 15 is 0 Å². The van der Waals surface area contributed by atoms with E-state index < -0.39 is 32.5 Å². The molecule has 0 saturated heterocycles. The van der Waals surface area contributed by atoms with Gasteiger partial charge < -0.3 is 27.9 Å². The Labute approximate surface area is 489 Å². The molecule has 0 saturated carbocycles. The van der Waals surface area contributed by atoms with E-state index in [9.17, 15) is 19.0 Å². The second kappa shape index (κ2) is 58.8. The van der Waals surface area contributed by atoms with Gasteiger partial charge in [0.05, 0.1) is 27.7 Å². The summed E-state index contributed by atoms with van der Waals surface area (Å²) in [6.07, 6.45) is 90.8. The van der Waals surface area contributed by atoms with Crippen LogP contribution in [-0.2, 0) is 32.7 Å². The molecule has 0 aliphatic carbocycles. The van der Waals surface area contributed by atoms with Crippen molar-refractivity contribution in [3.8, 4) is 0 Å². The number of rotatable bonds is 53. The smallest absolute Gasteiger partial charge is 0.306 e. The number of phosphoric ester groups is 1. The zero-order valence-electron chi connectivity index (χ0n) is 50.7. The minimum atomic E-state index is -4.67.